The zero-order valence-electron chi connectivity index (χ0n) is 14.0. The molecule has 0 spiro atoms. The van der Waals surface area contributed by atoms with Crippen molar-refractivity contribution in [2.75, 3.05) is 17.9 Å². The van der Waals surface area contributed by atoms with Crippen LogP contribution in [0.15, 0.2) is 59.6 Å². The first-order valence-corrected chi connectivity index (χ1v) is 11.9. The molecule has 0 aliphatic carbocycles. The van der Waals surface area contributed by atoms with Gasteiger partial charge in [0.25, 0.3) is 0 Å². The molecule has 0 amide bonds. The number of rotatable bonds is 4. The molecule has 2 unspecified atom stereocenters. The van der Waals surface area contributed by atoms with Crippen molar-refractivity contribution in [1.82, 2.24) is 0 Å². The predicted octanol–water partition coefficient (Wildman–Crippen LogP) is 5.31. The summed E-state index contributed by atoms with van der Waals surface area (Å²) in [5, 5.41) is 1.44. The molecule has 0 radical (unpaired) electrons. The van der Waals surface area contributed by atoms with Gasteiger partial charge in [-0.15, -0.1) is 0 Å². The molecular formula is C18H21N2OPS2. The number of hydrogen-bond acceptors (Lipinski definition) is 4. The molecule has 0 saturated heterocycles. The van der Waals surface area contributed by atoms with Gasteiger partial charge in [0, 0.05) is 11.9 Å². The average molecular weight is 376 g/mol. The smallest absolute Gasteiger partial charge is 0.207 e. The maximum atomic E-state index is 6.25. The van der Waals surface area contributed by atoms with Crippen LogP contribution in [0.2, 0.25) is 0 Å². The van der Waals surface area contributed by atoms with E-state index in [2.05, 4.69) is 42.8 Å². The molecule has 3 rings (SSSR count). The molecular weight excluding hydrogens is 355 g/mol. The largest absolute Gasteiger partial charge is 0.448 e. The van der Waals surface area contributed by atoms with Gasteiger partial charge in [0.1, 0.15) is 5.75 Å². The van der Waals surface area contributed by atoms with E-state index in [1.54, 1.807) is 11.8 Å². The van der Waals surface area contributed by atoms with Gasteiger partial charge in [-0.25, -0.2) is 0 Å². The fraction of sp³-hybridized carbons (Fsp3) is 0.278. The Morgan fingerprint density at radius 2 is 1.83 bits per heavy atom. The van der Waals surface area contributed by atoms with Gasteiger partial charge in [0.05, 0.1) is 12.2 Å². The number of para-hydroxylation sites is 1. The highest BCUT2D eigenvalue weighted by molar-refractivity contribution is 8.18. The average Bonchev–Trinajstić information content (AvgIpc) is 2.95. The highest BCUT2D eigenvalue weighted by Gasteiger charge is 2.32. The number of aryl methyl sites for hydroxylation is 1. The van der Waals surface area contributed by atoms with Gasteiger partial charge in [-0.2, -0.15) is 0 Å². The minimum atomic E-state index is -2.32. The van der Waals surface area contributed by atoms with E-state index in [0.29, 0.717) is 5.25 Å². The third-order valence-corrected chi connectivity index (χ3v) is 7.25. The molecule has 2 atom stereocenters. The summed E-state index contributed by atoms with van der Waals surface area (Å²) in [7, 11) is 0. The summed E-state index contributed by atoms with van der Waals surface area (Å²) in [6, 6.07) is 18.2. The molecule has 6 heteroatoms. The number of thioether (sulfide) groups is 1. The molecule has 0 bridgehead atoms. The van der Waals surface area contributed by atoms with Crippen molar-refractivity contribution in [2.24, 2.45) is 4.99 Å². The van der Waals surface area contributed by atoms with Crippen LogP contribution in [0.4, 0.5) is 5.69 Å². The van der Waals surface area contributed by atoms with E-state index in [9.17, 15) is 0 Å². The molecule has 1 aliphatic heterocycles. The van der Waals surface area contributed by atoms with Crippen LogP contribution in [0, 0.1) is 6.92 Å². The summed E-state index contributed by atoms with van der Waals surface area (Å²) < 4.78 is 8.38. The third kappa shape index (κ3) is 4.02. The summed E-state index contributed by atoms with van der Waals surface area (Å²) in [5.41, 5.74) is 2.27. The van der Waals surface area contributed by atoms with Crippen LogP contribution in [-0.2, 0) is 11.8 Å². The first-order valence-electron chi connectivity index (χ1n) is 7.86. The summed E-state index contributed by atoms with van der Waals surface area (Å²) >= 11 is 7.72. The second kappa shape index (κ2) is 7.30. The number of anilines is 1. The molecule has 1 aliphatic rings. The maximum Gasteiger partial charge on any atom is 0.207 e. The topological polar surface area (TPSA) is 24.8 Å². The quantitative estimate of drug-likeness (QED) is 0.675. The second-order valence-electron chi connectivity index (χ2n) is 5.91. The maximum absolute atomic E-state index is 6.25. The molecule has 2 aromatic rings. The molecule has 1 heterocycles. The van der Waals surface area contributed by atoms with Gasteiger partial charge in [0.15, 0.2) is 5.17 Å². The number of benzene rings is 2. The van der Waals surface area contributed by atoms with E-state index in [4.69, 9.17) is 21.3 Å². The number of aliphatic imine (C=N–C) groups is 1. The van der Waals surface area contributed by atoms with Crippen molar-refractivity contribution in [1.29, 1.82) is 0 Å². The van der Waals surface area contributed by atoms with Crippen LogP contribution in [-0.4, -0.2) is 23.6 Å². The van der Waals surface area contributed by atoms with Gasteiger partial charge in [0.2, 0.25) is 6.42 Å². The van der Waals surface area contributed by atoms with Crippen LogP contribution < -0.4 is 9.19 Å². The monoisotopic (exact) mass is 376 g/mol. The molecule has 0 aromatic heterocycles. The number of amidine groups is 1. The van der Waals surface area contributed by atoms with E-state index >= 15 is 0 Å². The Morgan fingerprint density at radius 3 is 2.42 bits per heavy atom. The van der Waals surface area contributed by atoms with Crippen LogP contribution >= 0.6 is 18.2 Å². The van der Waals surface area contributed by atoms with E-state index < -0.39 is 6.42 Å². The minimum Gasteiger partial charge on any atom is -0.448 e. The first-order chi connectivity index (χ1) is 11.5. The Hall–Kier alpha value is -1.29. The van der Waals surface area contributed by atoms with Crippen LogP contribution in [0.3, 0.4) is 0 Å². The minimum absolute atomic E-state index is 0.472. The van der Waals surface area contributed by atoms with Gasteiger partial charge in [-0.3, -0.25) is 9.66 Å². The van der Waals surface area contributed by atoms with Crippen molar-refractivity contribution < 1.29 is 4.52 Å². The lowest BCUT2D eigenvalue weighted by atomic mass is 10.2. The van der Waals surface area contributed by atoms with E-state index in [-0.39, 0.29) is 0 Å². The molecule has 24 heavy (non-hydrogen) atoms. The van der Waals surface area contributed by atoms with Crippen molar-refractivity contribution in [3.8, 4) is 5.75 Å². The van der Waals surface area contributed by atoms with Gasteiger partial charge < -0.3 is 4.52 Å². The first kappa shape index (κ1) is 17.5. The number of hydrogen-bond donors (Lipinski definition) is 0. The fourth-order valence-corrected chi connectivity index (χ4v) is 6.38. The summed E-state index contributed by atoms with van der Waals surface area (Å²) in [4.78, 5) is 4.71. The van der Waals surface area contributed by atoms with Crippen molar-refractivity contribution in [2.45, 2.75) is 19.1 Å². The van der Waals surface area contributed by atoms with Crippen molar-refractivity contribution in [3.05, 3.63) is 60.2 Å². The highest BCUT2D eigenvalue weighted by Crippen LogP contribution is 2.52. The lowest BCUT2D eigenvalue weighted by Gasteiger charge is -2.33. The van der Waals surface area contributed by atoms with Crippen LogP contribution in [0.1, 0.15) is 12.5 Å². The Bertz CT molecular complexity index is 777. The SMILES string of the molecule is Cc1ccc(N(C2=NCC(C)S2)P(C)(=S)Oc2ccccc2)cc1. The van der Waals surface area contributed by atoms with Crippen molar-refractivity contribution >= 4 is 40.8 Å². The molecule has 0 saturated carbocycles. The summed E-state index contributed by atoms with van der Waals surface area (Å²) in [6.07, 6.45) is -2.32. The Labute approximate surface area is 153 Å². The summed E-state index contributed by atoms with van der Waals surface area (Å²) in [6.45, 7) is 7.11. The van der Waals surface area contributed by atoms with E-state index in [0.717, 1.165) is 23.1 Å². The van der Waals surface area contributed by atoms with Gasteiger partial charge in [-0.1, -0.05) is 54.6 Å². The Balaban J connectivity index is 1.97. The summed E-state index contributed by atoms with van der Waals surface area (Å²) in [5.74, 6) is 0.803. The van der Waals surface area contributed by atoms with Crippen LogP contribution in [0.5, 0.6) is 5.75 Å². The molecule has 2 aromatic carbocycles. The van der Waals surface area contributed by atoms with Crippen LogP contribution in [0.25, 0.3) is 0 Å². The van der Waals surface area contributed by atoms with E-state index in [1.165, 1.54) is 5.56 Å². The van der Waals surface area contributed by atoms with E-state index in [1.807, 2.05) is 37.0 Å². The predicted molar refractivity (Wildman–Crippen MR) is 110 cm³/mol. The lowest BCUT2D eigenvalue weighted by Crippen LogP contribution is -2.26. The highest BCUT2D eigenvalue weighted by atomic mass is 32.4. The zero-order valence-corrected chi connectivity index (χ0v) is 16.6. The third-order valence-electron chi connectivity index (χ3n) is 3.63. The normalized spacial score (nSPS) is 19.5. The second-order valence-corrected chi connectivity index (χ2v) is 11.5. The molecule has 0 N–H and O–H groups in total. The standard InChI is InChI=1S/C18H21N2OPS2/c1-14-9-11-16(12-10-14)20(18-19-13-15(2)24-18)22(3,23)21-17-7-5-4-6-8-17/h4-12,15H,13H2,1-3H3. The number of nitrogens with zero attached hydrogens (tertiary/aromatic N) is 2. The molecule has 0 fully saturated rings. The zero-order chi connectivity index (χ0) is 17.2. The Kier molecular flexibility index (Phi) is 5.33. The Morgan fingerprint density at radius 1 is 1.17 bits per heavy atom. The van der Waals surface area contributed by atoms with Crippen molar-refractivity contribution in [3.63, 3.8) is 0 Å². The lowest BCUT2D eigenvalue weighted by molar-refractivity contribution is 0.616. The van der Waals surface area contributed by atoms with Gasteiger partial charge in [-0.05, 0) is 43.0 Å². The molecule has 126 valence electrons. The fourth-order valence-electron chi connectivity index (χ4n) is 2.46. The van der Waals surface area contributed by atoms with Gasteiger partial charge >= 0.3 is 0 Å². The molecule has 3 nitrogen and oxygen atoms in total.